The number of aliphatic hydroxyl groups excluding tert-OH is 1. The second kappa shape index (κ2) is 5.33. The van der Waals surface area contributed by atoms with Crippen molar-refractivity contribution in [1.82, 2.24) is 0 Å². The van der Waals surface area contributed by atoms with Crippen LogP contribution in [0.1, 0.15) is 12.8 Å². The van der Waals surface area contributed by atoms with Crippen molar-refractivity contribution in [2.45, 2.75) is 12.8 Å². The summed E-state index contributed by atoms with van der Waals surface area (Å²) in [6.45, 7) is 0. The Morgan fingerprint density at radius 3 is 2.63 bits per heavy atom. The summed E-state index contributed by atoms with van der Waals surface area (Å²) in [5, 5.41) is 21.3. The van der Waals surface area contributed by atoms with E-state index in [0.717, 1.165) is 18.9 Å². The highest BCUT2D eigenvalue weighted by Gasteiger charge is 2.29. The molecule has 0 radical (unpaired) electrons. The summed E-state index contributed by atoms with van der Waals surface area (Å²) in [5.41, 5.74) is -0.107. The summed E-state index contributed by atoms with van der Waals surface area (Å²) in [6.07, 6.45) is 1.62. The van der Waals surface area contributed by atoms with Crippen molar-refractivity contribution in [2.75, 3.05) is 5.32 Å². The zero-order valence-electron chi connectivity index (χ0n) is 9.78. The van der Waals surface area contributed by atoms with Gasteiger partial charge in [-0.05, 0) is 25.0 Å². The Morgan fingerprint density at radius 2 is 2.11 bits per heavy atom. The number of benzene rings is 1. The largest absolute Gasteiger partial charge is 0.511 e. The van der Waals surface area contributed by atoms with E-state index in [1.165, 1.54) is 6.07 Å². The summed E-state index contributed by atoms with van der Waals surface area (Å²) in [6, 6.07) is 4.77. The third kappa shape index (κ3) is 3.06. The lowest BCUT2D eigenvalue weighted by molar-refractivity contribution is 0.377. The van der Waals surface area contributed by atoms with Gasteiger partial charge < -0.3 is 10.4 Å². The van der Waals surface area contributed by atoms with Crippen molar-refractivity contribution >= 4 is 22.9 Å². The standard InChI is InChI=1S/C13H10F2N2OS/c14-8-3-4-11(10(15)5-8)17-13(19)9(6-16)12(18)7-1-2-7/h3-5,7,18H,1-2H2,(H,17,19)/b12-9-. The van der Waals surface area contributed by atoms with E-state index in [0.29, 0.717) is 6.07 Å². The zero-order chi connectivity index (χ0) is 14.0. The monoisotopic (exact) mass is 280 g/mol. The van der Waals surface area contributed by atoms with Gasteiger partial charge in [0.25, 0.3) is 0 Å². The highest BCUT2D eigenvalue weighted by atomic mass is 32.1. The van der Waals surface area contributed by atoms with Crippen LogP contribution in [0, 0.1) is 28.9 Å². The average molecular weight is 280 g/mol. The van der Waals surface area contributed by atoms with E-state index in [4.69, 9.17) is 17.5 Å². The van der Waals surface area contributed by atoms with Gasteiger partial charge in [0.2, 0.25) is 0 Å². The Morgan fingerprint density at radius 1 is 1.42 bits per heavy atom. The van der Waals surface area contributed by atoms with Crippen LogP contribution < -0.4 is 5.32 Å². The highest BCUT2D eigenvalue weighted by molar-refractivity contribution is 7.81. The number of hydrogen-bond donors (Lipinski definition) is 2. The van der Waals surface area contributed by atoms with Gasteiger partial charge in [0.15, 0.2) is 0 Å². The molecule has 1 saturated carbocycles. The Balaban J connectivity index is 2.21. The summed E-state index contributed by atoms with van der Waals surface area (Å²) in [7, 11) is 0. The average Bonchev–Trinajstić information content (AvgIpc) is 3.17. The van der Waals surface area contributed by atoms with Crippen molar-refractivity contribution in [3.63, 3.8) is 0 Å². The molecule has 0 heterocycles. The molecule has 0 unspecified atom stereocenters. The van der Waals surface area contributed by atoms with Gasteiger partial charge in [-0.2, -0.15) is 5.26 Å². The fraction of sp³-hybridized carbons (Fsp3) is 0.231. The topological polar surface area (TPSA) is 56.0 Å². The van der Waals surface area contributed by atoms with Crippen LogP contribution in [-0.2, 0) is 0 Å². The Kier molecular flexibility index (Phi) is 3.76. The number of aliphatic hydroxyl groups is 1. The number of allylic oxidation sites excluding steroid dienone is 1. The molecule has 0 atom stereocenters. The minimum absolute atomic E-state index is 0.0348. The van der Waals surface area contributed by atoms with E-state index in [1.54, 1.807) is 6.07 Å². The van der Waals surface area contributed by atoms with E-state index in [2.05, 4.69) is 5.32 Å². The first-order valence-electron chi connectivity index (χ1n) is 5.62. The normalized spacial score (nSPS) is 15.4. The molecule has 2 N–H and O–H groups in total. The van der Waals surface area contributed by atoms with Gasteiger partial charge in [0.05, 0.1) is 5.69 Å². The first-order valence-corrected chi connectivity index (χ1v) is 6.03. The molecular formula is C13H10F2N2OS. The number of rotatable bonds is 3. The van der Waals surface area contributed by atoms with Crippen molar-refractivity contribution < 1.29 is 13.9 Å². The number of nitrogens with zero attached hydrogens (tertiary/aromatic N) is 1. The molecule has 0 aromatic heterocycles. The molecule has 6 heteroatoms. The molecule has 0 aliphatic heterocycles. The van der Waals surface area contributed by atoms with Crippen molar-refractivity contribution in [3.05, 3.63) is 41.2 Å². The van der Waals surface area contributed by atoms with Gasteiger partial charge in [-0.25, -0.2) is 8.78 Å². The van der Waals surface area contributed by atoms with Gasteiger partial charge in [-0.15, -0.1) is 0 Å². The molecule has 0 amide bonds. The molecular weight excluding hydrogens is 270 g/mol. The Labute approximate surface area is 114 Å². The summed E-state index contributed by atoms with van der Waals surface area (Å²) in [4.78, 5) is -0.0718. The number of nitriles is 1. The van der Waals surface area contributed by atoms with Crippen LogP contribution in [0.3, 0.4) is 0 Å². The molecule has 0 spiro atoms. The van der Waals surface area contributed by atoms with Crippen LogP contribution in [0.15, 0.2) is 29.5 Å². The van der Waals surface area contributed by atoms with E-state index in [1.807, 2.05) is 0 Å². The number of anilines is 1. The van der Waals surface area contributed by atoms with Gasteiger partial charge in [0, 0.05) is 12.0 Å². The van der Waals surface area contributed by atoms with Crippen LogP contribution in [0.2, 0.25) is 0 Å². The number of hydrogen-bond acceptors (Lipinski definition) is 3. The fourth-order valence-corrected chi connectivity index (χ4v) is 1.82. The summed E-state index contributed by atoms with van der Waals surface area (Å²) >= 11 is 4.96. The van der Waals surface area contributed by atoms with Gasteiger partial charge in [0.1, 0.15) is 34.0 Å². The summed E-state index contributed by atoms with van der Waals surface area (Å²) in [5.74, 6) is -1.62. The predicted molar refractivity (Wildman–Crippen MR) is 70.6 cm³/mol. The molecule has 0 bridgehead atoms. The quantitative estimate of drug-likeness (QED) is 0.385. The Hall–Kier alpha value is -2.00. The van der Waals surface area contributed by atoms with Crippen LogP contribution in [0.5, 0.6) is 0 Å². The number of thiocarbonyl (C=S) groups is 1. The SMILES string of the molecule is N#C/C(C(=S)Nc1ccc(F)cc1F)=C(/O)C1CC1. The van der Waals surface area contributed by atoms with E-state index >= 15 is 0 Å². The predicted octanol–water partition coefficient (Wildman–Crippen LogP) is 3.45. The van der Waals surface area contributed by atoms with Crippen LogP contribution in [-0.4, -0.2) is 10.1 Å². The van der Waals surface area contributed by atoms with Crippen LogP contribution in [0.4, 0.5) is 14.5 Å². The molecule has 1 aliphatic rings. The number of nitrogens with one attached hydrogen (secondary N) is 1. The third-order valence-corrected chi connectivity index (χ3v) is 3.04. The molecule has 1 aliphatic carbocycles. The second-order valence-electron chi connectivity index (χ2n) is 4.22. The molecule has 2 rings (SSSR count). The van der Waals surface area contributed by atoms with E-state index in [9.17, 15) is 13.9 Å². The molecule has 19 heavy (non-hydrogen) atoms. The van der Waals surface area contributed by atoms with Crippen molar-refractivity contribution in [3.8, 4) is 6.07 Å². The first-order chi connectivity index (χ1) is 9.02. The zero-order valence-corrected chi connectivity index (χ0v) is 10.6. The maximum Gasteiger partial charge on any atom is 0.149 e. The lowest BCUT2D eigenvalue weighted by Crippen LogP contribution is -2.14. The highest BCUT2D eigenvalue weighted by Crippen LogP contribution is 2.36. The molecule has 0 saturated heterocycles. The summed E-state index contributed by atoms with van der Waals surface area (Å²) < 4.78 is 26.2. The molecule has 1 fully saturated rings. The molecule has 1 aromatic rings. The Bertz CT molecular complexity index is 603. The van der Waals surface area contributed by atoms with Gasteiger partial charge >= 0.3 is 0 Å². The maximum absolute atomic E-state index is 13.4. The molecule has 98 valence electrons. The van der Waals surface area contributed by atoms with E-state index < -0.39 is 11.6 Å². The third-order valence-electron chi connectivity index (χ3n) is 2.74. The van der Waals surface area contributed by atoms with Crippen molar-refractivity contribution in [1.29, 1.82) is 5.26 Å². The van der Waals surface area contributed by atoms with Crippen molar-refractivity contribution in [2.24, 2.45) is 5.92 Å². The lowest BCUT2D eigenvalue weighted by Gasteiger charge is -2.09. The maximum atomic E-state index is 13.4. The van der Waals surface area contributed by atoms with Gasteiger partial charge in [-0.3, -0.25) is 0 Å². The van der Waals surface area contributed by atoms with E-state index in [-0.39, 0.29) is 27.9 Å². The fourth-order valence-electron chi connectivity index (χ4n) is 1.56. The lowest BCUT2D eigenvalue weighted by atomic mass is 10.2. The van der Waals surface area contributed by atoms with Crippen LogP contribution >= 0.6 is 12.2 Å². The molecule has 3 nitrogen and oxygen atoms in total. The smallest absolute Gasteiger partial charge is 0.149 e. The molecule has 1 aromatic carbocycles. The van der Waals surface area contributed by atoms with Crippen LogP contribution in [0.25, 0.3) is 0 Å². The number of halogens is 2. The van der Waals surface area contributed by atoms with Gasteiger partial charge in [-0.1, -0.05) is 12.2 Å². The minimum Gasteiger partial charge on any atom is -0.511 e. The minimum atomic E-state index is -0.814. The second-order valence-corrected chi connectivity index (χ2v) is 4.63. The first kappa shape index (κ1) is 13.4.